The Morgan fingerprint density at radius 2 is 1.92 bits per heavy atom. The van der Waals surface area contributed by atoms with Crippen molar-refractivity contribution in [3.63, 3.8) is 0 Å². The third-order valence-corrected chi connectivity index (χ3v) is 8.02. The van der Waals surface area contributed by atoms with Gasteiger partial charge in [0.2, 0.25) is 0 Å². The molecule has 2 aliphatic rings. The molecule has 0 spiro atoms. The second-order valence-corrected chi connectivity index (χ2v) is 10.6. The first kappa shape index (κ1) is 23.8. The van der Waals surface area contributed by atoms with Crippen LogP contribution in [0.15, 0.2) is 55.1 Å². The summed E-state index contributed by atoms with van der Waals surface area (Å²) in [6, 6.07) is 7.97. The number of H-pyrrole nitrogens is 2. The largest absolute Gasteiger partial charge is 0.367 e. The molecule has 2 fully saturated rings. The average molecular weight is 524 g/mol. The summed E-state index contributed by atoms with van der Waals surface area (Å²) in [7, 11) is 2.14. The minimum absolute atomic E-state index is 0.213. The van der Waals surface area contributed by atoms with E-state index in [1.165, 1.54) is 6.42 Å². The molecular formula is C29H30FN9. The van der Waals surface area contributed by atoms with Gasteiger partial charge in [-0.15, -0.1) is 0 Å². The Morgan fingerprint density at radius 1 is 1.08 bits per heavy atom. The molecule has 9 nitrogen and oxygen atoms in total. The molecule has 0 unspecified atom stereocenters. The van der Waals surface area contributed by atoms with E-state index >= 15 is 4.39 Å². The van der Waals surface area contributed by atoms with E-state index in [1.807, 2.05) is 18.2 Å². The van der Waals surface area contributed by atoms with Crippen molar-refractivity contribution in [1.82, 2.24) is 35.0 Å². The van der Waals surface area contributed by atoms with E-state index < -0.39 is 5.82 Å². The van der Waals surface area contributed by atoms with Gasteiger partial charge in [-0.2, -0.15) is 5.10 Å². The topological polar surface area (TPSA) is 102 Å². The van der Waals surface area contributed by atoms with Gasteiger partial charge in [-0.05, 0) is 44.0 Å². The van der Waals surface area contributed by atoms with Gasteiger partial charge in [0.05, 0.1) is 40.2 Å². The lowest BCUT2D eigenvalue weighted by atomic mass is 9.83. The molecule has 10 heteroatoms. The highest BCUT2D eigenvalue weighted by atomic mass is 19.1. The third kappa shape index (κ3) is 4.21. The van der Waals surface area contributed by atoms with Gasteiger partial charge >= 0.3 is 0 Å². The Balaban J connectivity index is 1.26. The van der Waals surface area contributed by atoms with Crippen LogP contribution >= 0.6 is 0 Å². The quantitative estimate of drug-likeness (QED) is 0.282. The highest BCUT2D eigenvalue weighted by Gasteiger charge is 2.24. The van der Waals surface area contributed by atoms with Crippen molar-refractivity contribution in [1.29, 1.82) is 0 Å². The maximum Gasteiger partial charge on any atom is 0.161 e. The Bertz CT molecular complexity index is 1690. The first-order chi connectivity index (χ1) is 19.0. The molecule has 198 valence electrons. The van der Waals surface area contributed by atoms with Crippen molar-refractivity contribution in [3.05, 3.63) is 60.9 Å². The number of aromatic amines is 2. The lowest BCUT2D eigenvalue weighted by Gasteiger charge is -2.34. The van der Waals surface area contributed by atoms with E-state index in [4.69, 9.17) is 4.98 Å². The number of hydrogen-bond acceptors (Lipinski definition) is 7. The maximum atomic E-state index is 16.1. The van der Waals surface area contributed by atoms with Crippen LogP contribution in [0.2, 0.25) is 0 Å². The molecule has 1 aliphatic carbocycles. The molecule has 1 aromatic carbocycles. The molecule has 5 heterocycles. The molecular weight excluding hydrogens is 493 g/mol. The Morgan fingerprint density at radius 3 is 2.72 bits per heavy atom. The number of aromatic nitrogens is 6. The maximum absolute atomic E-state index is 16.1. The van der Waals surface area contributed by atoms with Gasteiger partial charge in [0, 0.05) is 43.6 Å². The third-order valence-electron chi connectivity index (χ3n) is 8.02. The van der Waals surface area contributed by atoms with Crippen molar-refractivity contribution in [2.45, 2.75) is 19.3 Å². The smallest absolute Gasteiger partial charge is 0.161 e. The number of piperazine rings is 1. The van der Waals surface area contributed by atoms with Gasteiger partial charge in [-0.3, -0.25) is 15.1 Å². The molecule has 0 radical (unpaired) electrons. The second-order valence-electron chi connectivity index (χ2n) is 10.6. The van der Waals surface area contributed by atoms with E-state index in [9.17, 15) is 0 Å². The van der Waals surface area contributed by atoms with Crippen LogP contribution in [-0.4, -0.2) is 68.3 Å². The fourth-order valence-electron chi connectivity index (χ4n) is 5.46. The summed E-state index contributed by atoms with van der Waals surface area (Å²) in [5.41, 5.74) is 6.29. The van der Waals surface area contributed by atoms with Crippen LogP contribution in [0, 0.1) is 11.7 Å². The summed E-state index contributed by atoms with van der Waals surface area (Å²) in [6.07, 6.45) is 8.48. The Hall–Kier alpha value is -4.31. The molecule has 7 rings (SSSR count). The number of benzene rings is 1. The summed E-state index contributed by atoms with van der Waals surface area (Å²) < 4.78 is 16.1. The van der Waals surface area contributed by atoms with Crippen LogP contribution in [-0.2, 0) is 0 Å². The molecule has 1 aliphatic heterocycles. The number of fused-ring (bicyclic) bond motifs is 2. The first-order valence-electron chi connectivity index (χ1n) is 13.4. The van der Waals surface area contributed by atoms with Crippen LogP contribution in [0.5, 0.6) is 0 Å². The SMILES string of the molecule is C=C(Nc1cncc(-c2ncc3[nH]nc(-c4nc5c(N6CCN(C)CC6)cccc5[nH]4)c3c2F)c1)C1CCC1. The zero-order valence-electron chi connectivity index (χ0n) is 21.8. The molecule has 1 saturated heterocycles. The average Bonchev–Trinajstić information content (AvgIpc) is 3.53. The number of halogens is 1. The number of anilines is 2. The van der Waals surface area contributed by atoms with E-state index in [2.05, 4.69) is 60.0 Å². The summed E-state index contributed by atoms with van der Waals surface area (Å²) in [4.78, 5) is 21.7. The summed E-state index contributed by atoms with van der Waals surface area (Å²) in [6.45, 7) is 8.04. The molecule has 0 atom stereocenters. The van der Waals surface area contributed by atoms with Gasteiger partial charge in [0.25, 0.3) is 0 Å². The van der Waals surface area contributed by atoms with E-state index in [0.717, 1.165) is 67.1 Å². The van der Waals surface area contributed by atoms with Gasteiger partial charge in [-0.1, -0.05) is 19.1 Å². The number of nitrogens with one attached hydrogen (secondary N) is 3. The summed E-state index contributed by atoms with van der Waals surface area (Å²) in [5.74, 6) is 0.529. The second kappa shape index (κ2) is 9.46. The van der Waals surface area contributed by atoms with E-state index in [0.29, 0.717) is 33.9 Å². The van der Waals surface area contributed by atoms with Crippen molar-refractivity contribution in [2.75, 3.05) is 43.4 Å². The molecule has 3 N–H and O–H groups in total. The standard InChI is InChI=1S/C29H30FN9/c1-17(18-5-3-6-18)33-20-13-19(14-31-15-20)26-25(30)24-22(16-32-26)36-37-28(24)29-34-21-7-4-8-23(27(21)35-29)39-11-9-38(2)10-12-39/h4,7-8,13-16,18,33H,1,3,5-6,9-12H2,2H3,(H,34,35)(H,36,37). The number of allylic oxidation sites excluding steroid dienone is 1. The Labute approximate surface area is 225 Å². The fourth-order valence-corrected chi connectivity index (χ4v) is 5.46. The number of pyridine rings is 2. The minimum Gasteiger partial charge on any atom is -0.367 e. The van der Waals surface area contributed by atoms with Crippen molar-refractivity contribution in [3.8, 4) is 22.8 Å². The van der Waals surface area contributed by atoms with Gasteiger partial charge in [-0.25, -0.2) is 9.37 Å². The predicted octanol–water partition coefficient (Wildman–Crippen LogP) is 5.18. The van der Waals surface area contributed by atoms with Crippen molar-refractivity contribution >= 4 is 33.3 Å². The monoisotopic (exact) mass is 523 g/mol. The van der Waals surface area contributed by atoms with Crippen molar-refractivity contribution < 1.29 is 4.39 Å². The number of rotatable bonds is 6. The van der Waals surface area contributed by atoms with Gasteiger partial charge in [0.1, 0.15) is 16.9 Å². The number of hydrogen-bond donors (Lipinski definition) is 3. The molecule has 4 aromatic heterocycles. The zero-order chi connectivity index (χ0) is 26.5. The molecule has 0 amide bonds. The number of likely N-dealkylation sites (N-methyl/N-ethyl adjacent to an activating group) is 1. The summed E-state index contributed by atoms with van der Waals surface area (Å²) in [5, 5.41) is 11.1. The predicted molar refractivity (Wildman–Crippen MR) is 152 cm³/mol. The normalized spacial score (nSPS) is 16.6. The molecule has 5 aromatic rings. The van der Waals surface area contributed by atoms with Crippen LogP contribution in [0.3, 0.4) is 0 Å². The van der Waals surface area contributed by atoms with Crippen LogP contribution < -0.4 is 10.2 Å². The molecule has 1 saturated carbocycles. The van der Waals surface area contributed by atoms with Crippen LogP contribution in [0.1, 0.15) is 19.3 Å². The molecule has 0 bridgehead atoms. The van der Waals surface area contributed by atoms with Crippen molar-refractivity contribution in [2.24, 2.45) is 5.92 Å². The summed E-state index contributed by atoms with van der Waals surface area (Å²) >= 11 is 0. The van der Waals surface area contributed by atoms with Gasteiger partial charge in [0.15, 0.2) is 11.6 Å². The number of para-hydroxylation sites is 1. The van der Waals surface area contributed by atoms with E-state index in [1.54, 1.807) is 18.6 Å². The lowest BCUT2D eigenvalue weighted by molar-refractivity contribution is 0.313. The number of imidazole rings is 1. The van der Waals surface area contributed by atoms with E-state index in [-0.39, 0.29) is 5.69 Å². The minimum atomic E-state index is -0.465. The highest BCUT2D eigenvalue weighted by Crippen LogP contribution is 2.36. The van der Waals surface area contributed by atoms with Gasteiger partial charge < -0.3 is 20.1 Å². The lowest BCUT2D eigenvalue weighted by Crippen LogP contribution is -2.44. The highest BCUT2D eigenvalue weighted by molar-refractivity contribution is 5.97. The number of nitrogens with zero attached hydrogens (tertiary/aromatic N) is 6. The van der Waals surface area contributed by atoms with Crippen LogP contribution in [0.4, 0.5) is 15.8 Å². The Kier molecular flexibility index (Phi) is 5.77. The first-order valence-corrected chi connectivity index (χ1v) is 13.4. The van der Waals surface area contributed by atoms with Crippen LogP contribution in [0.25, 0.3) is 44.7 Å². The molecule has 39 heavy (non-hydrogen) atoms. The zero-order valence-corrected chi connectivity index (χ0v) is 21.8. The fraction of sp³-hybridized carbons (Fsp3) is 0.310.